The number of furan rings is 1. The van der Waals surface area contributed by atoms with Crippen molar-refractivity contribution in [3.05, 3.63) is 46.5 Å². The zero-order chi connectivity index (χ0) is 14.9. The molecular formula is C15H19N3O2. The summed E-state index contributed by atoms with van der Waals surface area (Å²) in [7, 11) is 1.86. The monoisotopic (exact) mass is 273 g/mol. The Kier molecular flexibility index (Phi) is 3.79. The summed E-state index contributed by atoms with van der Waals surface area (Å²) in [5, 5.41) is 0. The van der Waals surface area contributed by atoms with Crippen molar-refractivity contribution in [1.29, 1.82) is 0 Å². The summed E-state index contributed by atoms with van der Waals surface area (Å²) in [6.07, 6.45) is 0. The van der Waals surface area contributed by atoms with Gasteiger partial charge in [0.05, 0.1) is 12.1 Å². The fourth-order valence-electron chi connectivity index (χ4n) is 2.04. The largest absolute Gasteiger partial charge is 0.464 e. The summed E-state index contributed by atoms with van der Waals surface area (Å²) in [5.74, 6) is 1.78. The van der Waals surface area contributed by atoms with Crippen LogP contribution in [0.3, 0.4) is 0 Å². The number of carbonyl (C=O) groups excluding carboxylic acids is 1. The van der Waals surface area contributed by atoms with Gasteiger partial charge < -0.3 is 15.1 Å². The number of nitrogens with zero attached hydrogens (tertiary/aromatic N) is 2. The Labute approximate surface area is 118 Å². The molecule has 1 amide bonds. The van der Waals surface area contributed by atoms with E-state index >= 15 is 0 Å². The zero-order valence-electron chi connectivity index (χ0n) is 12.2. The van der Waals surface area contributed by atoms with Crippen LogP contribution in [0.25, 0.3) is 0 Å². The van der Waals surface area contributed by atoms with E-state index in [1.807, 2.05) is 44.9 Å². The summed E-state index contributed by atoms with van der Waals surface area (Å²) >= 11 is 0. The molecule has 0 aromatic carbocycles. The predicted molar refractivity (Wildman–Crippen MR) is 77.8 cm³/mol. The smallest absolute Gasteiger partial charge is 0.252 e. The molecule has 0 atom stereocenters. The lowest BCUT2D eigenvalue weighted by molar-refractivity contribution is 0.100. The predicted octanol–water partition coefficient (Wildman–Crippen LogP) is 2.34. The average molecular weight is 273 g/mol. The van der Waals surface area contributed by atoms with Gasteiger partial charge in [0, 0.05) is 12.7 Å². The van der Waals surface area contributed by atoms with Gasteiger partial charge in [0.2, 0.25) is 0 Å². The van der Waals surface area contributed by atoms with E-state index in [1.54, 1.807) is 6.07 Å². The third-order valence-corrected chi connectivity index (χ3v) is 3.26. The molecule has 106 valence electrons. The van der Waals surface area contributed by atoms with E-state index < -0.39 is 5.91 Å². The number of hydrogen-bond donors (Lipinski definition) is 1. The van der Waals surface area contributed by atoms with Crippen molar-refractivity contribution in [3.8, 4) is 0 Å². The van der Waals surface area contributed by atoms with Crippen LogP contribution < -0.4 is 10.6 Å². The number of primary amides is 1. The van der Waals surface area contributed by atoms with Gasteiger partial charge in [0.25, 0.3) is 5.91 Å². The highest BCUT2D eigenvalue weighted by molar-refractivity contribution is 5.98. The van der Waals surface area contributed by atoms with Crippen LogP contribution in [-0.4, -0.2) is 17.9 Å². The van der Waals surface area contributed by atoms with E-state index in [1.165, 1.54) is 0 Å². The maximum atomic E-state index is 11.6. The summed E-state index contributed by atoms with van der Waals surface area (Å²) in [6, 6.07) is 5.60. The molecule has 0 radical (unpaired) electrons. The molecule has 5 heteroatoms. The molecule has 5 nitrogen and oxygen atoms in total. The Morgan fingerprint density at radius 1 is 1.35 bits per heavy atom. The highest BCUT2D eigenvalue weighted by Crippen LogP contribution is 2.22. The Morgan fingerprint density at radius 3 is 2.60 bits per heavy atom. The maximum Gasteiger partial charge on any atom is 0.252 e. The highest BCUT2D eigenvalue weighted by Gasteiger charge is 2.16. The lowest BCUT2D eigenvalue weighted by Crippen LogP contribution is -2.23. The number of nitrogens with two attached hydrogens (primary N) is 1. The first-order valence-corrected chi connectivity index (χ1v) is 6.43. The van der Waals surface area contributed by atoms with Gasteiger partial charge in [-0.2, -0.15) is 0 Å². The molecule has 2 N–H and O–H groups in total. The Balaban J connectivity index is 2.35. The number of anilines is 1. The first kappa shape index (κ1) is 14.1. The van der Waals surface area contributed by atoms with Crippen LogP contribution in [0.2, 0.25) is 0 Å². The molecule has 0 aliphatic carbocycles. The zero-order valence-corrected chi connectivity index (χ0v) is 12.2. The molecule has 0 spiro atoms. The SMILES string of the molecule is Cc1ccc(CN(C)c2nc(C)c(C)cc2C(N)=O)o1. The number of aryl methyl sites for hydroxylation is 3. The fraction of sp³-hybridized carbons (Fsp3) is 0.333. The van der Waals surface area contributed by atoms with Crippen LogP contribution in [-0.2, 0) is 6.54 Å². The first-order chi connectivity index (χ1) is 9.38. The first-order valence-electron chi connectivity index (χ1n) is 6.43. The molecule has 0 bridgehead atoms. The number of amides is 1. The second-order valence-electron chi connectivity index (χ2n) is 4.99. The standard InChI is InChI=1S/C15H19N3O2/c1-9-7-13(14(16)19)15(17-11(9)3)18(4)8-12-6-5-10(2)20-12/h5-7H,8H2,1-4H3,(H2,16,19). The molecule has 2 aromatic rings. The summed E-state index contributed by atoms with van der Waals surface area (Å²) in [4.78, 5) is 17.9. The van der Waals surface area contributed by atoms with Gasteiger partial charge in [-0.3, -0.25) is 4.79 Å². The number of hydrogen-bond acceptors (Lipinski definition) is 4. The minimum atomic E-state index is -0.474. The maximum absolute atomic E-state index is 11.6. The van der Waals surface area contributed by atoms with Gasteiger partial charge >= 0.3 is 0 Å². The van der Waals surface area contributed by atoms with Crippen LogP contribution >= 0.6 is 0 Å². The molecular weight excluding hydrogens is 254 g/mol. The van der Waals surface area contributed by atoms with Crippen molar-refractivity contribution in [2.24, 2.45) is 5.73 Å². The Morgan fingerprint density at radius 2 is 2.05 bits per heavy atom. The van der Waals surface area contributed by atoms with Crippen molar-refractivity contribution in [3.63, 3.8) is 0 Å². The van der Waals surface area contributed by atoms with Crippen molar-refractivity contribution in [2.75, 3.05) is 11.9 Å². The molecule has 0 saturated heterocycles. The number of carbonyl (C=O) groups is 1. The van der Waals surface area contributed by atoms with Crippen molar-refractivity contribution >= 4 is 11.7 Å². The summed E-state index contributed by atoms with van der Waals surface area (Å²) in [5.41, 5.74) is 7.70. The van der Waals surface area contributed by atoms with E-state index in [0.717, 1.165) is 22.8 Å². The quantitative estimate of drug-likeness (QED) is 0.928. The van der Waals surface area contributed by atoms with Gasteiger partial charge in [-0.05, 0) is 44.5 Å². The van der Waals surface area contributed by atoms with E-state index in [9.17, 15) is 4.79 Å². The van der Waals surface area contributed by atoms with Crippen LogP contribution in [0.15, 0.2) is 22.6 Å². The molecule has 0 aliphatic heterocycles. The van der Waals surface area contributed by atoms with Gasteiger partial charge in [-0.25, -0.2) is 4.98 Å². The molecule has 0 unspecified atom stereocenters. The third-order valence-electron chi connectivity index (χ3n) is 3.26. The van der Waals surface area contributed by atoms with Gasteiger partial charge in [-0.15, -0.1) is 0 Å². The van der Waals surface area contributed by atoms with Crippen molar-refractivity contribution < 1.29 is 9.21 Å². The Hall–Kier alpha value is -2.30. The lowest BCUT2D eigenvalue weighted by atomic mass is 10.1. The van der Waals surface area contributed by atoms with Crippen LogP contribution in [0.4, 0.5) is 5.82 Å². The molecule has 20 heavy (non-hydrogen) atoms. The second kappa shape index (κ2) is 5.36. The number of rotatable bonds is 4. The molecule has 2 heterocycles. The van der Waals surface area contributed by atoms with E-state index in [0.29, 0.717) is 17.9 Å². The van der Waals surface area contributed by atoms with E-state index in [-0.39, 0.29) is 0 Å². The van der Waals surface area contributed by atoms with Crippen LogP contribution in [0.1, 0.15) is 33.1 Å². The molecule has 2 aromatic heterocycles. The van der Waals surface area contributed by atoms with Crippen LogP contribution in [0, 0.1) is 20.8 Å². The lowest BCUT2D eigenvalue weighted by Gasteiger charge is -2.20. The fourth-order valence-corrected chi connectivity index (χ4v) is 2.04. The van der Waals surface area contributed by atoms with Gasteiger partial charge in [0.1, 0.15) is 17.3 Å². The van der Waals surface area contributed by atoms with Gasteiger partial charge in [0.15, 0.2) is 0 Å². The van der Waals surface area contributed by atoms with E-state index in [4.69, 9.17) is 10.2 Å². The normalized spacial score (nSPS) is 10.6. The molecule has 2 rings (SSSR count). The number of aromatic nitrogens is 1. The molecule has 0 aliphatic rings. The number of pyridine rings is 1. The van der Waals surface area contributed by atoms with Crippen LogP contribution in [0.5, 0.6) is 0 Å². The summed E-state index contributed by atoms with van der Waals surface area (Å²) in [6.45, 7) is 6.25. The minimum absolute atomic E-state index is 0.430. The summed E-state index contributed by atoms with van der Waals surface area (Å²) < 4.78 is 5.54. The van der Waals surface area contributed by atoms with Crippen molar-refractivity contribution in [2.45, 2.75) is 27.3 Å². The second-order valence-corrected chi connectivity index (χ2v) is 4.99. The van der Waals surface area contributed by atoms with E-state index in [2.05, 4.69) is 4.98 Å². The van der Waals surface area contributed by atoms with Crippen molar-refractivity contribution in [1.82, 2.24) is 4.98 Å². The third kappa shape index (κ3) is 2.82. The minimum Gasteiger partial charge on any atom is -0.464 e. The highest BCUT2D eigenvalue weighted by atomic mass is 16.3. The topological polar surface area (TPSA) is 72.4 Å². The molecule has 0 saturated carbocycles. The molecule has 0 fully saturated rings. The van der Waals surface area contributed by atoms with Gasteiger partial charge in [-0.1, -0.05) is 0 Å². The Bertz CT molecular complexity index is 647. The average Bonchev–Trinajstić information content (AvgIpc) is 2.77.